The van der Waals surface area contributed by atoms with Crippen molar-refractivity contribution >= 4 is 8.32 Å². The first-order valence-corrected chi connectivity index (χ1v) is 8.26. The van der Waals surface area contributed by atoms with Gasteiger partial charge in [-0.2, -0.15) is 18.2 Å². The van der Waals surface area contributed by atoms with Gasteiger partial charge >= 0.3 is 18.9 Å². The van der Waals surface area contributed by atoms with Crippen LogP contribution >= 0.6 is 0 Å². The average molecular weight is 214 g/mol. The molecule has 0 saturated heterocycles. The summed E-state index contributed by atoms with van der Waals surface area (Å²) in [6.07, 6.45) is 0. The number of hydrogen-bond donors (Lipinski definition) is 0. The van der Waals surface area contributed by atoms with Crippen molar-refractivity contribution in [1.82, 2.24) is 0 Å². The Labute approximate surface area is 107 Å². The first-order chi connectivity index (χ1) is 6.49. The Kier molecular flexibility index (Phi) is 6.35. The number of hydrogen-bond acceptors (Lipinski definition) is 1. The van der Waals surface area contributed by atoms with Crippen LogP contribution < -0.4 is 23.3 Å². The Hall–Kier alpha value is -0.166. The van der Waals surface area contributed by atoms with E-state index in [0.717, 1.165) is 5.75 Å². The van der Waals surface area contributed by atoms with Gasteiger partial charge in [0.2, 0.25) is 8.32 Å². The molecule has 0 bridgehead atoms. The van der Waals surface area contributed by atoms with Crippen molar-refractivity contribution in [2.75, 3.05) is 0 Å². The number of rotatable bonds is 4. The molecule has 0 heterocycles. The summed E-state index contributed by atoms with van der Waals surface area (Å²) in [6.45, 7) is 9.03. The van der Waals surface area contributed by atoms with Crippen molar-refractivity contribution in [2.45, 2.75) is 33.0 Å². The van der Waals surface area contributed by atoms with Crippen molar-refractivity contribution in [3.05, 3.63) is 30.3 Å². The molecule has 0 aliphatic heterocycles. The molecule has 3 heteroatoms. The first kappa shape index (κ1) is 14.8. The molecule has 1 nitrogen and oxygen atoms in total. The van der Waals surface area contributed by atoms with Crippen LogP contribution in [0.3, 0.4) is 0 Å². The average Bonchev–Trinajstić information content (AvgIpc) is 2.02. The smallest absolute Gasteiger partial charge is 0.564 e. The predicted octanol–water partition coefficient (Wildman–Crippen LogP) is 0.731. The summed E-state index contributed by atoms with van der Waals surface area (Å²) in [7, 11) is -1.52. The normalized spacial score (nSPS) is 11.0. The third kappa shape index (κ3) is 6.09. The topological polar surface area (TPSA) is 9.23 Å². The molecule has 0 unspecified atom stereocenters. The molecule has 1 aromatic carbocycles. The summed E-state index contributed by atoms with van der Waals surface area (Å²) < 4.78 is 6.03. The summed E-state index contributed by atoms with van der Waals surface area (Å²) in [6, 6.07) is 12.0. The van der Waals surface area contributed by atoms with Crippen molar-refractivity contribution in [3.63, 3.8) is 0 Å². The minimum absolute atomic E-state index is 0. The molecule has 0 aliphatic rings. The fourth-order valence-electron chi connectivity index (χ4n) is 1.78. The Balaban J connectivity index is 0.00000196. The Morgan fingerprint density at radius 1 is 1.27 bits per heavy atom. The fraction of sp³-hybridized carbons (Fsp3) is 0.500. The van der Waals surface area contributed by atoms with Gasteiger partial charge in [0, 0.05) is 0 Å². The zero-order chi connectivity index (χ0) is 10.6. The van der Waals surface area contributed by atoms with Crippen LogP contribution in [0.15, 0.2) is 24.3 Å². The van der Waals surface area contributed by atoms with Crippen LogP contribution in [-0.2, 0) is 0 Å². The van der Waals surface area contributed by atoms with Crippen LogP contribution in [0.4, 0.5) is 0 Å². The van der Waals surface area contributed by atoms with Crippen molar-refractivity contribution in [3.8, 4) is 5.75 Å². The maximum atomic E-state index is 6.03. The molecule has 1 rings (SSSR count). The molecule has 15 heavy (non-hydrogen) atoms. The van der Waals surface area contributed by atoms with Crippen LogP contribution in [-0.4, -0.2) is 8.32 Å². The summed E-state index contributed by atoms with van der Waals surface area (Å²) in [4.78, 5) is 0. The summed E-state index contributed by atoms with van der Waals surface area (Å²) in [5.74, 6) is 1.70. The minimum Gasteiger partial charge on any atom is -0.564 e. The third-order valence-corrected chi connectivity index (χ3v) is 4.57. The SMILES string of the molecule is CC(C)C[Si](C)(C)Oc1cc[c-]cc1.[Li+]. The summed E-state index contributed by atoms with van der Waals surface area (Å²) in [5.41, 5.74) is 0. The van der Waals surface area contributed by atoms with Crippen LogP contribution in [0.25, 0.3) is 0 Å². The molecule has 78 valence electrons. The third-order valence-electron chi connectivity index (χ3n) is 1.98. The van der Waals surface area contributed by atoms with Crippen LogP contribution in [0.1, 0.15) is 13.8 Å². The summed E-state index contributed by atoms with van der Waals surface area (Å²) in [5, 5.41) is 0. The van der Waals surface area contributed by atoms with Gasteiger partial charge in [-0.1, -0.05) is 13.8 Å². The first-order valence-electron chi connectivity index (χ1n) is 5.15. The molecule has 0 saturated carbocycles. The maximum absolute atomic E-state index is 6.03. The molecule has 0 fully saturated rings. The molecule has 1 aromatic rings. The van der Waals surface area contributed by atoms with Crippen molar-refractivity contribution in [2.24, 2.45) is 5.92 Å². The van der Waals surface area contributed by atoms with Gasteiger partial charge in [-0.25, -0.2) is 0 Å². The van der Waals surface area contributed by atoms with E-state index in [-0.39, 0.29) is 18.9 Å². The van der Waals surface area contributed by atoms with E-state index in [1.54, 1.807) is 0 Å². The van der Waals surface area contributed by atoms with E-state index >= 15 is 0 Å². The van der Waals surface area contributed by atoms with E-state index < -0.39 is 8.32 Å². The Morgan fingerprint density at radius 3 is 2.27 bits per heavy atom. The van der Waals surface area contributed by atoms with Gasteiger partial charge in [0.05, 0.1) is 0 Å². The van der Waals surface area contributed by atoms with Gasteiger partial charge in [0.1, 0.15) is 0 Å². The number of benzene rings is 1. The second-order valence-corrected chi connectivity index (χ2v) is 8.83. The van der Waals surface area contributed by atoms with E-state index in [9.17, 15) is 0 Å². The van der Waals surface area contributed by atoms with Gasteiger partial charge in [-0.15, -0.1) is 12.1 Å². The van der Waals surface area contributed by atoms with Crippen molar-refractivity contribution < 1.29 is 23.3 Å². The standard InChI is InChI=1S/C12H19OSi.Li/c1-11(2)10-14(3,4)13-12-8-6-5-7-9-12;/h6-9,11H,10H2,1-4H3;/q-1;+1. The largest absolute Gasteiger partial charge is 1.00 e. The molecule has 0 N–H and O–H groups in total. The van der Waals surface area contributed by atoms with Gasteiger partial charge in [0.25, 0.3) is 0 Å². The molecule has 0 aromatic heterocycles. The van der Waals surface area contributed by atoms with Gasteiger partial charge in [-0.05, 0) is 30.8 Å². The van der Waals surface area contributed by atoms with Crippen LogP contribution in [0, 0.1) is 12.0 Å². The molecule has 0 atom stereocenters. The molecule has 0 spiro atoms. The van der Waals surface area contributed by atoms with E-state index in [0.29, 0.717) is 5.92 Å². The zero-order valence-corrected chi connectivity index (χ0v) is 11.5. The molecule has 0 aliphatic carbocycles. The Bertz CT molecular complexity index is 272. The fourth-order valence-corrected chi connectivity index (χ4v) is 4.61. The van der Waals surface area contributed by atoms with Gasteiger partial charge < -0.3 is 4.43 Å². The minimum atomic E-state index is -1.52. The molecule has 0 amide bonds. The van der Waals surface area contributed by atoms with Crippen molar-refractivity contribution in [1.29, 1.82) is 0 Å². The Morgan fingerprint density at radius 2 is 1.80 bits per heavy atom. The molecular formula is C12H19LiOSi. The summed E-state index contributed by atoms with van der Waals surface area (Å²) >= 11 is 0. The van der Waals surface area contributed by atoms with E-state index in [2.05, 4.69) is 33.0 Å². The quantitative estimate of drug-likeness (QED) is 0.530. The molecular weight excluding hydrogens is 195 g/mol. The second kappa shape index (κ2) is 6.42. The second-order valence-electron chi connectivity index (χ2n) is 4.70. The van der Waals surface area contributed by atoms with E-state index in [1.165, 1.54) is 6.04 Å². The van der Waals surface area contributed by atoms with Gasteiger partial charge in [0.15, 0.2) is 0 Å². The van der Waals surface area contributed by atoms with E-state index in [4.69, 9.17) is 4.43 Å². The van der Waals surface area contributed by atoms with Crippen LogP contribution in [0.5, 0.6) is 5.75 Å². The van der Waals surface area contributed by atoms with Gasteiger partial charge in [-0.3, -0.25) is 0 Å². The predicted molar refractivity (Wildman–Crippen MR) is 63.0 cm³/mol. The zero-order valence-electron chi connectivity index (χ0n) is 10.5. The maximum Gasteiger partial charge on any atom is 1.00 e. The monoisotopic (exact) mass is 214 g/mol. The van der Waals surface area contributed by atoms with Crippen LogP contribution in [0.2, 0.25) is 19.1 Å². The van der Waals surface area contributed by atoms with E-state index in [1.807, 2.05) is 24.3 Å². The molecule has 0 radical (unpaired) electrons.